The molecule has 0 radical (unpaired) electrons. The third kappa shape index (κ3) is 5.11. The number of H-pyrrole nitrogens is 1. The predicted molar refractivity (Wildman–Crippen MR) is 86.6 cm³/mol. The Kier molecular flexibility index (Phi) is 6.09. The van der Waals surface area contributed by atoms with Gasteiger partial charge in [-0.2, -0.15) is 5.10 Å². The lowest BCUT2D eigenvalue weighted by atomic mass is 10.1. The fraction of sp³-hybridized carbons (Fsp3) is 0.333. The van der Waals surface area contributed by atoms with Crippen LogP contribution in [0.15, 0.2) is 41.5 Å². The molecule has 0 bridgehead atoms. The molecule has 0 saturated heterocycles. The van der Waals surface area contributed by atoms with Gasteiger partial charge in [0.25, 0.3) is 0 Å². The highest BCUT2D eigenvalue weighted by Crippen LogP contribution is 2.14. The number of rotatable bonds is 6. The minimum Gasteiger partial charge on any atom is -0.357 e. The minimum absolute atomic E-state index is 0.571. The summed E-state index contributed by atoms with van der Waals surface area (Å²) in [5.74, 6) is 0.791. The molecule has 0 spiro atoms. The van der Waals surface area contributed by atoms with E-state index in [1.807, 2.05) is 37.3 Å². The zero-order valence-electron chi connectivity index (χ0n) is 12.1. The van der Waals surface area contributed by atoms with E-state index in [4.69, 9.17) is 11.6 Å². The number of aromatic nitrogens is 2. The van der Waals surface area contributed by atoms with Crippen molar-refractivity contribution in [1.29, 1.82) is 0 Å². The quantitative estimate of drug-likeness (QED) is 0.567. The fourth-order valence-corrected chi connectivity index (χ4v) is 2.13. The molecule has 0 saturated carbocycles. The Morgan fingerprint density at radius 1 is 1.29 bits per heavy atom. The Bertz CT molecular complexity index is 565. The third-order valence-corrected chi connectivity index (χ3v) is 3.32. The molecule has 3 N–H and O–H groups in total. The Morgan fingerprint density at radius 3 is 2.86 bits per heavy atom. The summed E-state index contributed by atoms with van der Waals surface area (Å²) >= 11 is 6.14. The van der Waals surface area contributed by atoms with Crippen molar-refractivity contribution in [3.63, 3.8) is 0 Å². The van der Waals surface area contributed by atoms with Gasteiger partial charge in [-0.1, -0.05) is 29.8 Å². The summed E-state index contributed by atoms with van der Waals surface area (Å²) in [5.41, 5.74) is 2.12. The van der Waals surface area contributed by atoms with Crippen LogP contribution in [0.2, 0.25) is 5.02 Å². The first kappa shape index (κ1) is 15.4. The third-order valence-electron chi connectivity index (χ3n) is 2.95. The molecule has 1 aromatic heterocycles. The molecule has 1 heterocycles. The molecule has 0 amide bonds. The average Bonchev–Trinajstić information content (AvgIpc) is 3.00. The summed E-state index contributed by atoms with van der Waals surface area (Å²) in [7, 11) is 0. The highest BCUT2D eigenvalue weighted by molar-refractivity contribution is 6.31. The fourth-order valence-electron chi connectivity index (χ4n) is 1.90. The second-order valence-corrected chi connectivity index (χ2v) is 4.95. The molecular formula is C15H20ClN5. The van der Waals surface area contributed by atoms with Crippen molar-refractivity contribution in [3.05, 3.63) is 52.8 Å². The molecule has 0 aliphatic heterocycles. The summed E-state index contributed by atoms with van der Waals surface area (Å²) in [6, 6.07) is 9.80. The van der Waals surface area contributed by atoms with Gasteiger partial charge in [-0.15, -0.1) is 0 Å². The van der Waals surface area contributed by atoms with Crippen LogP contribution < -0.4 is 10.6 Å². The van der Waals surface area contributed by atoms with Crippen molar-refractivity contribution in [3.8, 4) is 0 Å². The van der Waals surface area contributed by atoms with Crippen LogP contribution in [0.4, 0.5) is 0 Å². The van der Waals surface area contributed by atoms with Crippen molar-refractivity contribution in [2.24, 2.45) is 4.99 Å². The number of nitrogens with zero attached hydrogens (tertiary/aromatic N) is 2. The van der Waals surface area contributed by atoms with E-state index < -0.39 is 0 Å². The number of aliphatic imine (C=N–C) groups is 1. The summed E-state index contributed by atoms with van der Waals surface area (Å²) in [6.07, 6.45) is 2.58. The van der Waals surface area contributed by atoms with Gasteiger partial charge in [0.05, 0.1) is 12.2 Å². The van der Waals surface area contributed by atoms with E-state index in [-0.39, 0.29) is 0 Å². The molecule has 6 heteroatoms. The molecular weight excluding hydrogens is 286 g/mol. The van der Waals surface area contributed by atoms with Crippen LogP contribution in [-0.2, 0) is 13.0 Å². The number of hydrogen-bond acceptors (Lipinski definition) is 2. The smallest absolute Gasteiger partial charge is 0.191 e. The van der Waals surface area contributed by atoms with Crippen molar-refractivity contribution >= 4 is 17.6 Å². The first-order chi connectivity index (χ1) is 10.3. The number of nitrogens with one attached hydrogen (secondary N) is 3. The van der Waals surface area contributed by atoms with Crippen LogP contribution in [0.25, 0.3) is 0 Å². The normalized spacial score (nSPS) is 11.4. The second kappa shape index (κ2) is 8.32. The molecule has 112 valence electrons. The maximum absolute atomic E-state index is 6.14. The van der Waals surface area contributed by atoms with E-state index in [1.165, 1.54) is 0 Å². The van der Waals surface area contributed by atoms with Gasteiger partial charge in [-0.05, 0) is 31.0 Å². The van der Waals surface area contributed by atoms with Crippen LogP contribution in [0.5, 0.6) is 0 Å². The molecule has 1 aromatic carbocycles. The van der Waals surface area contributed by atoms with E-state index in [1.54, 1.807) is 6.20 Å². The highest BCUT2D eigenvalue weighted by atomic mass is 35.5. The van der Waals surface area contributed by atoms with Crippen molar-refractivity contribution in [2.45, 2.75) is 19.9 Å². The topological polar surface area (TPSA) is 65.1 Å². The number of aromatic amines is 1. The average molecular weight is 306 g/mol. The minimum atomic E-state index is 0.571. The summed E-state index contributed by atoms with van der Waals surface area (Å²) in [6.45, 7) is 4.21. The van der Waals surface area contributed by atoms with Crippen LogP contribution in [-0.4, -0.2) is 29.2 Å². The number of benzene rings is 1. The van der Waals surface area contributed by atoms with Gasteiger partial charge in [0, 0.05) is 24.3 Å². The number of halogens is 1. The van der Waals surface area contributed by atoms with Gasteiger partial charge in [-0.3, -0.25) is 5.10 Å². The van der Waals surface area contributed by atoms with Gasteiger partial charge in [-0.25, -0.2) is 4.99 Å². The van der Waals surface area contributed by atoms with E-state index in [0.29, 0.717) is 6.54 Å². The summed E-state index contributed by atoms with van der Waals surface area (Å²) in [5, 5.41) is 14.1. The van der Waals surface area contributed by atoms with Gasteiger partial charge >= 0.3 is 0 Å². The Balaban J connectivity index is 1.85. The molecule has 0 fully saturated rings. The molecule has 0 aliphatic carbocycles. The van der Waals surface area contributed by atoms with Crippen LogP contribution in [0.1, 0.15) is 18.2 Å². The Morgan fingerprint density at radius 2 is 2.14 bits per heavy atom. The first-order valence-electron chi connectivity index (χ1n) is 7.03. The first-order valence-corrected chi connectivity index (χ1v) is 7.41. The van der Waals surface area contributed by atoms with Gasteiger partial charge in [0.1, 0.15) is 0 Å². The lowest BCUT2D eigenvalue weighted by Gasteiger charge is -2.11. The van der Waals surface area contributed by atoms with Crippen LogP contribution in [0.3, 0.4) is 0 Å². The monoisotopic (exact) mass is 305 g/mol. The second-order valence-electron chi connectivity index (χ2n) is 4.55. The lowest BCUT2D eigenvalue weighted by molar-refractivity contribution is 0.796. The Hall–Kier alpha value is -2.01. The zero-order valence-corrected chi connectivity index (χ0v) is 12.8. The Labute approximate surface area is 129 Å². The largest absolute Gasteiger partial charge is 0.357 e. The molecule has 0 aliphatic rings. The zero-order chi connectivity index (χ0) is 14.9. The molecule has 2 rings (SSSR count). The van der Waals surface area contributed by atoms with E-state index in [0.717, 1.165) is 41.7 Å². The molecule has 21 heavy (non-hydrogen) atoms. The van der Waals surface area contributed by atoms with Crippen molar-refractivity contribution in [2.75, 3.05) is 13.1 Å². The van der Waals surface area contributed by atoms with Crippen molar-refractivity contribution < 1.29 is 0 Å². The van der Waals surface area contributed by atoms with Gasteiger partial charge < -0.3 is 10.6 Å². The number of guanidine groups is 1. The molecule has 0 atom stereocenters. The van der Waals surface area contributed by atoms with Gasteiger partial charge in [0.2, 0.25) is 0 Å². The standard InChI is InChI=1S/C15H20ClN5/c1-2-17-15(19-11-13-8-10-20-21-13)18-9-7-12-5-3-4-6-14(12)16/h3-6,8,10H,2,7,9,11H2,1H3,(H,20,21)(H2,17,18,19). The SMILES string of the molecule is CCNC(=NCc1ccn[nH]1)NCCc1ccccc1Cl. The molecule has 0 unspecified atom stereocenters. The summed E-state index contributed by atoms with van der Waals surface area (Å²) in [4.78, 5) is 4.50. The van der Waals surface area contributed by atoms with E-state index in [9.17, 15) is 0 Å². The molecule has 5 nitrogen and oxygen atoms in total. The highest BCUT2D eigenvalue weighted by Gasteiger charge is 2.01. The lowest BCUT2D eigenvalue weighted by Crippen LogP contribution is -2.38. The van der Waals surface area contributed by atoms with E-state index in [2.05, 4.69) is 25.8 Å². The van der Waals surface area contributed by atoms with E-state index >= 15 is 0 Å². The maximum atomic E-state index is 6.14. The summed E-state index contributed by atoms with van der Waals surface area (Å²) < 4.78 is 0. The molecule has 2 aromatic rings. The predicted octanol–water partition coefficient (Wildman–Crippen LogP) is 2.36. The van der Waals surface area contributed by atoms with Gasteiger partial charge in [0.15, 0.2) is 5.96 Å². The van der Waals surface area contributed by atoms with Crippen LogP contribution in [0, 0.1) is 0 Å². The van der Waals surface area contributed by atoms with Crippen molar-refractivity contribution in [1.82, 2.24) is 20.8 Å². The maximum Gasteiger partial charge on any atom is 0.191 e. The number of hydrogen-bond donors (Lipinski definition) is 3. The van der Waals surface area contributed by atoms with Crippen LogP contribution >= 0.6 is 11.6 Å².